The highest BCUT2D eigenvalue weighted by Gasteiger charge is 2.19. The summed E-state index contributed by atoms with van der Waals surface area (Å²) in [4.78, 5) is 2.10. The topological polar surface area (TPSA) is 29.3 Å². The first-order valence-corrected chi connectivity index (χ1v) is 5.78. The van der Waals surface area contributed by atoms with Gasteiger partial charge >= 0.3 is 0 Å². The van der Waals surface area contributed by atoms with Crippen molar-refractivity contribution in [3.63, 3.8) is 0 Å². The highest BCUT2D eigenvalue weighted by Crippen LogP contribution is 2.18. The third-order valence-electron chi connectivity index (χ3n) is 2.91. The van der Waals surface area contributed by atoms with E-state index in [9.17, 15) is 4.39 Å². The fourth-order valence-corrected chi connectivity index (χ4v) is 1.61. The fraction of sp³-hybridized carbons (Fsp3) is 0.538. The maximum absolute atomic E-state index is 13.1. The number of halogens is 1. The standard InChI is InChI=1S/C13H21FN2/c1-4-13(3,15)10-16(5-2)12-8-6-7-11(14)9-12/h6-9H,4-5,10,15H2,1-3H3. The first-order chi connectivity index (χ1) is 7.48. The molecule has 0 amide bonds. The molecular weight excluding hydrogens is 203 g/mol. The Morgan fingerprint density at radius 3 is 2.56 bits per heavy atom. The van der Waals surface area contributed by atoms with E-state index in [-0.39, 0.29) is 11.4 Å². The summed E-state index contributed by atoms with van der Waals surface area (Å²) < 4.78 is 13.1. The van der Waals surface area contributed by atoms with Crippen LogP contribution in [-0.2, 0) is 0 Å². The molecule has 1 atom stereocenters. The number of hydrogen-bond donors (Lipinski definition) is 1. The van der Waals surface area contributed by atoms with Crippen LogP contribution in [0.1, 0.15) is 27.2 Å². The number of rotatable bonds is 5. The van der Waals surface area contributed by atoms with Crippen molar-refractivity contribution in [1.29, 1.82) is 0 Å². The van der Waals surface area contributed by atoms with Crippen LogP contribution in [0.4, 0.5) is 10.1 Å². The molecule has 1 aromatic rings. The van der Waals surface area contributed by atoms with Gasteiger partial charge in [-0.15, -0.1) is 0 Å². The van der Waals surface area contributed by atoms with Gasteiger partial charge in [0.25, 0.3) is 0 Å². The summed E-state index contributed by atoms with van der Waals surface area (Å²) in [6, 6.07) is 6.65. The molecule has 2 nitrogen and oxygen atoms in total. The van der Waals surface area contributed by atoms with Gasteiger partial charge in [0.1, 0.15) is 5.82 Å². The lowest BCUT2D eigenvalue weighted by atomic mass is 9.99. The Labute approximate surface area is 97.3 Å². The quantitative estimate of drug-likeness (QED) is 0.833. The SMILES string of the molecule is CCN(CC(C)(N)CC)c1cccc(F)c1. The molecule has 1 unspecified atom stereocenters. The predicted octanol–water partition coefficient (Wildman–Crippen LogP) is 2.78. The molecule has 0 aliphatic heterocycles. The van der Waals surface area contributed by atoms with Gasteiger partial charge in [0.05, 0.1) is 0 Å². The molecule has 0 fully saturated rings. The van der Waals surface area contributed by atoms with Gasteiger partial charge in [-0.25, -0.2) is 4.39 Å². The maximum Gasteiger partial charge on any atom is 0.125 e. The molecule has 1 rings (SSSR count). The van der Waals surface area contributed by atoms with Crippen molar-refractivity contribution in [2.45, 2.75) is 32.7 Å². The Hall–Kier alpha value is -1.09. The maximum atomic E-state index is 13.1. The number of likely N-dealkylation sites (N-methyl/N-ethyl adjacent to an activating group) is 1. The minimum atomic E-state index is -0.234. The molecule has 1 aromatic carbocycles. The molecule has 0 saturated heterocycles. The zero-order valence-corrected chi connectivity index (χ0v) is 10.3. The Kier molecular flexibility index (Phi) is 4.30. The van der Waals surface area contributed by atoms with Crippen molar-refractivity contribution in [2.75, 3.05) is 18.0 Å². The van der Waals surface area contributed by atoms with Crippen molar-refractivity contribution < 1.29 is 4.39 Å². The molecule has 0 heterocycles. The van der Waals surface area contributed by atoms with Crippen molar-refractivity contribution in [3.8, 4) is 0 Å². The van der Waals surface area contributed by atoms with Gasteiger partial charge in [0.2, 0.25) is 0 Å². The van der Waals surface area contributed by atoms with Crippen LogP contribution in [0.15, 0.2) is 24.3 Å². The lowest BCUT2D eigenvalue weighted by Gasteiger charge is -2.32. The average molecular weight is 224 g/mol. The zero-order valence-electron chi connectivity index (χ0n) is 10.3. The van der Waals surface area contributed by atoms with E-state index in [1.54, 1.807) is 12.1 Å². The van der Waals surface area contributed by atoms with Gasteiger partial charge in [-0.2, -0.15) is 0 Å². The van der Waals surface area contributed by atoms with Crippen LogP contribution in [-0.4, -0.2) is 18.6 Å². The van der Waals surface area contributed by atoms with Crippen LogP contribution in [0.3, 0.4) is 0 Å². The summed E-state index contributed by atoms with van der Waals surface area (Å²) >= 11 is 0. The number of hydrogen-bond acceptors (Lipinski definition) is 2. The molecule has 0 saturated carbocycles. The number of anilines is 1. The summed E-state index contributed by atoms with van der Waals surface area (Å²) in [5.74, 6) is -0.203. The Balaban J connectivity index is 2.82. The van der Waals surface area contributed by atoms with Crippen LogP contribution >= 0.6 is 0 Å². The first kappa shape index (κ1) is 13.0. The van der Waals surface area contributed by atoms with E-state index < -0.39 is 0 Å². The second-order valence-corrected chi connectivity index (χ2v) is 4.50. The Morgan fingerprint density at radius 1 is 1.38 bits per heavy atom. The molecule has 0 aliphatic rings. The molecule has 0 radical (unpaired) electrons. The smallest absolute Gasteiger partial charge is 0.125 e. The average Bonchev–Trinajstić information content (AvgIpc) is 2.26. The van der Waals surface area contributed by atoms with Gasteiger partial charge in [0, 0.05) is 24.3 Å². The van der Waals surface area contributed by atoms with Gasteiger partial charge in [-0.1, -0.05) is 13.0 Å². The van der Waals surface area contributed by atoms with Crippen molar-refractivity contribution in [3.05, 3.63) is 30.1 Å². The highest BCUT2D eigenvalue weighted by atomic mass is 19.1. The molecule has 0 aliphatic carbocycles. The molecule has 0 bridgehead atoms. The largest absolute Gasteiger partial charge is 0.370 e. The fourth-order valence-electron chi connectivity index (χ4n) is 1.61. The molecule has 90 valence electrons. The number of nitrogens with zero attached hydrogens (tertiary/aromatic N) is 1. The number of nitrogens with two attached hydrogens (primary N) is 1. The van der Waals surface area contributed by atoms with Crippen LogP contribution < -0.4 is 10.6 Å². The molecule has 16 heavy (non-hydrogen) atoms. The van der Waals surface area contributed by atoms with E-state index in [0.717, 1.165) is 25.2 Å². The third kappa shape index (κ3) is 3.49. The van der Waals surface area contributed by atoms with Crippen LogP contribution in [0.25, 0.3) is 0 Å². The third-order valence-corrected chi connectivity index (χ3v) is 2.91. The number of benzene rings is 1. The van der Waals surface area contributed by atoms with Crippen molar-refractivity contribution in [2.24, 2.45) is 5.73 Å². The molecule has 0 spiro atoms. The summed E-state index contributed by atoms with van der Waals surface area (Å²) in [5.41, 5.74) is 6.79. The normalized spacial score (nSPS) is 14.6. The summed E-state index contributed by atoms with van der Waals surface area (Å²) in [7, 11) is 0. The van der Waals surface area contributed by atoms with Gasteiger partial charge in [-0.05, 0) is 38.5 Å². The van der Waals surface area contributed by atoms with E-state index in [1.807, 2.05) is 13.0 Å². The van der Waals surface area contributed by atoms with Crippen molar-refractivity contribution >= 4 is 5.69 Å². The van der Waals surface area contributed by atoms with Crippen LogP contribution in [0.2, 0.25) is 0 Å². The van der Waals surface area contributed by atoms with E-state index in [1.165, 1.54) is 6.07 Å². The molecular formula is C13H21FN2. The van der Waals surface area contributed by atoms with E-state index in [0.29, 0.717) is 0 Å². The molecule has 2 N–H and O–H groups in total. The monoisotopic (exact) mass is 224 g/mol. The summed E-state index contributed by atoms with van der Waals surface area (Å²) in [6.45, 7) is 7.71. The van der Waals surface area contributed by atoms with Crippen LogP contribution in [0, 0.1) is 5.82 Å². The second-order valence-electron chi connectivity index (χ2n) is 4.50. The molecule has 0 aromatic heterocycles. The minimum absolute atomic E-state index is 0.203. The molecule has 3 heteroatoms. The van der Waals surface area contributed by atoms with Gasteiger partial charge in [-0.3, -0.25) is 0 Å². The van der Waals surface area contributed by atoms with E-state index in [4.69, 9.17) is 5.73 Å². The van der Waals surface area contributed by atoms with Gasteiger partial charge < -0.3 is 10.6 Å². The minimum Gasteiger partial charge on any atom is -0.370 e. The zero-order chi connectivity index (χ0) is 12.2. The predicted molar refractivity (Wildman–Crippen MR) is 67.2 cm³/mol. The van der Waals surface area contributed by atoms with Gasteiger partial charge in [0.15, 0.2) is 0 Å². The second kappa shape index (κ2) is 5.30. The summed E-state index contributed by atoms with van der Waals surface area (Å²) in [5, 5.41) is 0. The summed E-state index contributed by atoms with van der Waals surface area (Å²) in [6.07, 6.45) is 0.902. The van der Waals surface area contributed by atoms with E-state index in [2.05, 4.69) is 18.7 Å². The van der Waals surface area contributed by atoms with Crippen molar-refractivity contribution in [1.82, 2.24) is 0 Å². The van der Waals surface area contributed by atoms with E-state index >= 15 is 0 Å². The Morgan fingerprint density at radius 2 is 2.06 bits per heavy atom. The highest BCUT2D eigenvalue weighted by molar-refractivity contribution is 5.46. The van der Waals surface area contributed by atoms with Crippen LogP contribution in [0.5, 0.6) is 0 Å². The lowest BCUT2D eigenvalue weighted by Crippen LogP contribution is -2.47. The Bertz CT molecular complexity index is 336. The lowest BCUT2D eigenvalue weighted by molar-refractivity contribution is 0.448. The first-order valence-electron chi connectivity index (χ1n) is 5.78.